The lowest BCUT2D eigenvalue weighted by Crippen LogP contribution is -2.74. The van der Waals surface area contributed by atoms with E-state index in [1.54, 1.807) is 53.8 Å². The molecule has 4 amide bonds. The molecule has 7 rings (SSSR count). The van der Waals surface area contributed by atoms with E-state index in [9.17, 15) is 29.5 Å². The van der Waals surface area contributed by atoms with Crippen molar-refractivity contribution < 1.29 is 38.5 Å². The molecule has 4 atom stereocenters. The molecule has 1 saturated carbocycles. The van der Waals surface area contributed by atoms with Gasteiger partial charge in [-0.25, -0.2) is 4.98 Å². The predicted octanol–water partition coefficient (Wildman–Crippen LogP) is 8.27. The maximum Gasteiger partial charge on any atom is 0.251 e. The first-order valence-electron chi connectivity index (χ1n) is 25.5. The van der Waals surface area contributed by atoms with Crippen LogP contribution in [0.5, 0.6) is 11.5 Å². The number of nitriles is 1. The van der Waals surface area contributed by atoms with Crippen LogP contribution in [0.4, 0.5) is 0 Å². The largest absolute Gasteiger partial charge is 0.494 e. The van der Waals surface area contributed by atoms with Gasteiger partial charge < -0.3 is 45.1 Å². The zero-order valence-electron chi connectivity index (χ0n) is 43.5. The van der Waals surface area contributed by atoms with E-state index in [0.29, 0.717) is 53.8 Å². The molecule has 2 aliphatic heterocycles. The molecule has 1 aliphatic carbocycles. The van der Waals surface area contributed by atoms with Crippen molar-refractivity contribution in [2.75, 3.05) is 46.0 Å². The van der Waals surface area contributed by atoms with Gasteiger partial charge in [-0.15, -0.1) is 11.3 Å². The Morgan fingerprint density at radius 3 is 2.23 bits per heavy atom. The molecule has 0 bridgehead atoms. The maximum absolute atomic E-state index is 14.3. The van der Waals surface area contributed by atoms with Crippen LogP contribution in [0.2, 0.25) is 5.02 Å². The Hall–Kier alpha value is -5.57. The van der Waals surface area contributed by atoms with Crippen LogP contribution < -0.4 is 25.4 Å². The third kappa shape index (κ3) is 13.4. The van der Waals surface area contributed by atoms with Crippen molar-refractivity contribution in [2.24, 2.45) is 16.2 Å². The quantitative estimate of drug-likeness (QED) is 0.0587. The number of likely N-dealkylation sites (tertiary alicyclic amines) is 2. The summed E-state index contributed by atoms with van der Waals surface area (Å²) in [7, 11) is 0. The van der Waals surface area contributed by atoms with Crippen LogP contribution in [0.15, 0.2) is 72.2 Å². The Labute approximate surface area is 439 Å². The monoisotopic (exact) mass is 1040 g/mol. The summed E-state index contributed by atoms with van der Waals surface area (Å²) in [6.45, 7) is 18.9. The van der Waals surface area contributed by atoms with Gasteiger partial charge in [-0.3, -0.25) is 19.2 Å². The summed E-state index contributed by atoms with van der Waals surface area (Å²) >= 11 is 7.84. The van der Waals surface area contributed by atoms with Crippen molar-refractivity contribution in [3.05, 3.63) is 99.6 Å². The summed E-state index contributed by atoms with van der Waals surface area (Å²) in [6.07, 6.45) is 3.43. The van der Waals surface area contributed by atoms with Gasteiger partial charge in [0.05, 0.1) is 45.4 Å². The van der Waals surface area contributed by atoms with E-state index in [4.69, 9.17) is 25.8 Å². The molecule has 4 N–H and O–H groups in total. The summed E-state index contributed by atoms with van der Waals surface area (Å²) in [4.78, 5) is 64.4. The lowest BCUT2D eigenvalue weighted by molar-refractivity contribution is -0.164. The number of carbonyl (C=O) groups is 4. The molecule has 1 aromatic heterocycles. The van der Waals surface area contributed by atoms with Crippen molar-refractivity contribution in [1.82, 2.24) is 30.7 Å². The number of unbranched alkanes of at least 4 members (excludes halogenated alkanes) is 2. The minimum atomic E-state index is -0.967. The first-order valence-corrected chi connectivity index (χ1v) is 26.7. The first-order chi connectivity index (χ1) is 34.7. The number of rotatable bonds is 21. The second-order valence-electron chi connectivity index (χ2n) is 22.0. The Morgan fingerprint density at radius 2 is 1.60 bits per heavy atom. The maximum atomic E-state index is 14.3. The smallest absolute Gasteiger partial charge is 0.251 e. The molecule has 4 aromatic rings. The molecule has 15 nitrogen and oxygen atoms in total. The van der Waals surface area contributed by atoms with E-state index in [2.05, 4.69) is 71.7 Å². The van der Waals surface area contributed by atoms with Crippen LogP contribution in [-0.2, 0) is 19.1 Å². The number of halogens is 1. The number of β-amino-alcohol motifs (C(OH)–C–C–N with tert-alkyl or cyclic N) is 1. The second kappa shape index (κ2) is 23.7. The average Bonchev–Trinajstić information content (AvgIpc) is 4.13. The summed E-state index contributed by atoms with van der Waals surface area (Å²) in [5.74, 6) is -0.177. The van der Waals surface area contributed by atoms with E-state index in [-0.39, 0.29) is 49.6 Å². The number of thiazole rings is 1. The number of benzene rings is 3. The van der Waals surface area contributed by atoms with Crippen molar-refractivity contribution in [3.8, 4) is 28.0 Å². The number of nitrogens with one attached hydrogen (secondary N) is 3. The van der Waals surface area contributed by atoms with Crippen LogP contribution in [0, 0.1) is 34.5 Å². The zero-order chi connectivity index (χ0) is 52.7. The Balaban J connectivity index is 0.827. The normalized spacial score (nSPS) is 21.1. The van der Waals surface area contributed by atoms with E-state index in [0.717, 1.165) is 60.5 Å². The molecule has 0 spiro atoms. The summed E-state index contributed by atoms with van der Waals surface area (Å²) in [6, 6.07) is 20.0. The minimum absolute atomic E-state index is 0.0162. The van der Waals surface area contributed by atoms with Crippen LogP contribution in [0.1, 0.15) is 120 Å². The lowest BCUT2D eigenvalue weighted by atomic mass is 9.49. The first kappa shape index (κ1) is 55.2. The fraction of sp³-hybridized carbons (Fsp3) is 0.536. The van der Waals surface area contributed by atoms with Crippen molar-refractivity contribution >= 4 is 46.6 Å². The Bertz CT molecular complexity index is 2590. The highest BCUT2D eigenvalue weighted by Crippen LogP contribution is 2.55. The molecule has 3 aliphatic rings. The van der Waals surface area contributed by atoms with Crippen LogP contribution >= 0.6 is 22.9 Å². The van der Waals surface area contributed by atoms with Gasteiger partial charge in [-0.05, 0) is 105 Å². The molecule has 392 valence electrons. The van der Waals surface area contributed by atoms with Gasteiger partial charge in [0, 0.05) is 54.6 Å². The molecule has 1 unspecified atom stereocenters. The van der Waals surface area contributed by atoms with Crippen LogP contribution in [0.25, 0.3) is 10.4 Å². The SMILES string of the molecule is Cc1ncsc1-c1ccc([C@@H](CN2CCCC2)NC(=O)[C@@H]2C[C@@H](O)CN2C(=O)C(NC(=O)COCCCCCOc2ccc(C(=O)NC3C(C)(C)C(Oc4ccc(C#N)c(Cl)c4)C3(C)C)cc2)C(C)(C)C)cc1. The fourth-order valence-electron chi connectivity index (χ4n) is 10.8. The number of aliphatic hydroxyl groups excluding tert-OH is 1. The van der Waals surface area contributed by atoms with Crippen molar-refractivity contribution in [2.45, 2.75) is 130 Å². The van der Waals surface area contributed by atoms with Crippen molar-refractivity contribution in [1.29, 1.82) is 5.26 Å². The summed E-state index contributed by atoms with van der Waals surface area (Å²) in [5, 5.41) is 29.7. The van der Waals surface area contributed by atoms with Gasteiger partial charge in [-0.1, -0.05) is 84.3 Å². The summed E-state index contributed by atoms with van der Waals surface area (Å²) in [5.41, 5.74) is 4.23. The topological polar surface area (TPSA) is 195 Å². The van der Waals surface area contributed by atoms with Gasteiger partial charge in [-0.2, -0.15) is 5.26 Å². The fourth-order valence-corrected chi connectivity index (χ4v) is 11.9. The van der Waals surface area contributed by atoms with E-state index >= 15 is 0 Å². The number of ether oxygens (including phenoxy) is 3. The summed E-state index contributed by atoms with van der Waals surface area (Å²) < 4.78 is 18.0. The van der Waals surface area contributed by atoms with E-state index in [1.807, 2.05) is 45.3 Å². The molecular formula is C56H72ClN7O8S. The number of carbonyl (C=O) groups excluding carboxylic acids is 4. The van der Waals surface area contributed by atoms with E-state index in [1.165, 1.54) is 4.90 Å². The average molecular weight is 1040 g/mol. The minimum Gasteiger partial charge on any atom is -0.494 e. The van der Waals surface area contributed by atoms with Crippen molar-refractivity contribution in [3.63, 3.8) is 0 Å². The second-order valence-corrected chi connectivity index (χ2v) is 23.3. The van der Waals surface area contributed by atoms with E-state index < -0.39 is 46.2 Å². The molecular weight excluding hydrogens is 966 g/mol. The highest BCUT2D eigenvalue weighted by atomic mass is 35.5. The number of hydrogen-bond acceptors (Lipinski definition) is 12. The number of nitrogens with zero attached hydrogens (tertiary/aromatic N) is 4. The molecule has 3 heterocycles. The molecule has 2 saturated heterocycles. The standard InChI is InChI=1S/C56H72ClN7O8S/c1-35-47(73-34-59-35)37-16-14-36(15-17-37)44(32-63-24-10-11-25-63)60-50(68)45-28-40(65)31-64(45)51(69)48(54(2,3)4)61-46(66)33-70-26-12-9-13-27-71-41-21-18-38(19-22-41)49(67)62-52-55(5,6)53(56(52,7)8)72-42-23-20-39(30-58)43(57)29-42/h14-23,29,34,40,44-45,48,52-53,65H,9-13,24-28,31-33H2,1-8H3,(H,60,68)(H,61,66)(H,62,67)/t40-,44-,45+,48?,52?,53?/m1/s1. The van der Waals surface area contributed by atoms with Gasteiger partial charge in [0.2, 0.25) is 17.7 Å². The third-order valence-electron chi connectivity index (χ3n) is 14.5. The number of aliphatic hydroxyl groups is 1. The van der Waals surface area contributed by atoms with Gasteiger partial charge >= 0.3 is 0 Å². The number of aromatic nitrogens is 1. The zero-order valence-corrected chi connectivity index (χ0v) is 45.0. The van der Waals surface area contributed by atoms with Gasteiger partial charge in [0.25, 0.3) is 5.91 Å². The molecule has 73 heavy (non-hydrogen) atoms. The Morgan fingerprint density at radius 1 is 0.932 bits per heavy atom. The molecule has 3 aromatic carbocycles. The van der Waals surface area contributed by atoms with Crippen LogP contribution in [-0.4, -0.2) is 120 Å². The van der Waals surface area contributed by atoms with Crippen LogP contribution in [0.3, 0.4) is 0 Å². The van der Waals surface area contributed by atoms with Gasteiger partial charge in [0.15, 0.2) is 0 Å². The highest BCUT2D eigenvalue weighted by Gasteiger charge is 2.64. The highest BCUT2D eigenvalue weighted by molar-refractivity contribution is 7.13. The number of aryl methyl sites for hydroxylation is 1. The molecule has 0 radical (unpaired) electrons. The lowest BCUT2D eigenvalue weighted by Gasteiger charge is -2.63. The Kier molecular flexibility index (Phi) is 18.0. The molecule has 17 heteroatoms. The van der Waals surface area contributed by atoms with Gasteiger partial charge in [0.1, 0.15) is 42.4 Å². The predicted molar refractivity (Wildman–Crippen MR) is 282 cm³/mol. The molecule has 3 fully saturated rings. The third-order valence-corrected chi connectivity index (χ3v) is 15.8. The number of amides is 4. The number of hydrogen-bond donors (Lipinski definition) is 4.